The second-order valence-corrected chi connectivity index (χ2v) is 6.19. The summed E-state index contributed by atoms with van der Waals surface area (Å²) in [5.74, 6) is -2.24. The molecule has 0 atom stereocenters. The Bertz CT molecular complexity index is 752. The van der Waals surface area contributed by atoms with Crippen LogP contribution in [0.15, 0.2) is 30.6 Å². The lowest BCUT2D eigenvalue weighted by molar-refractivity contribution is 0.0359. The zero-order valence-electron chi connectivity index (χ0n) is 15.2. The number of carboxylic acids is 2. The first-order valence-electron chi connectivity index (χ1n) is 8.51. The van der Waals surface area contributed by atoms with Crippen molar-refractivity contribution in [2.75, 3.05) is 38.6 Å². The van der Waals surface area contributed by atoms with Crippen LogP contribution in [0.25, 0.3) is 0 Å². The van der Waals surface area contributed by atoms with Crippen LogP contribution in [-0.2, 0) is 11.3 Å². The Labute approximate surface area is 157 Å². The highest BCUT2D eigenvalue weighted by molar-refractivity contribution is 5.94. The van der Waals surface area contributed by atoms with Crippen molar-refractivity contribution in [2.45, 2.75) is 13.5 Å². The van der Waals surface area contributed by atoms with Crippen LogP contribution in [0.2, 0.25) is 0 Å². The van der Waals surface area contributed by atoms with Gasteiger partial charge in [-0.2, -0.15) is 5.10 Å². The number of morpholine rings is 1. The topological polar surface area (TPSA) is 131 Å². The van der Waals surface area contributed by atoms with Crippen LogP contribution in [0.1, 0.15) is 26.3 Å². The van der Waals surface area contributed by atoms with Gasteiger partial charge in [0.25, 0.3) is 0 Å². The molecule has 0 saturated carbocycles. The van der Waals surface area contributed by atoms with Crippen molar-refractivity contribution in [2.24, 2.45) is 0 Å². The van der Waals surface area contributed by atoms with E-state index in [1.165, 1.54) is 12.1 Å². The summed E-state index contributed by atoms with van der Waals surface area (Å²) in [5, 5.41) is 21.4. The molecule has 9 nitrogen and oxygen atoms in total. The summed E-state index contributed by atoms with van der Waals surface area (Å²) >= 11 is 0. The van der Waals surface area contributed by atoms with Crippen molar-refractivity contribution < 1.29 is 24.5 Å². The molecule has 1 aliphatic rings. The minimum atomic E-state index is -1.12. The van der Waals surface area contributed by atoms with Crippen molar-refractivity contribution in [1.29, 1.82) is 0 Å². The normalized spacial score (nSPS) is 14.3. The number of ether oxygens (including phenoxy) is 1. The van der Waals surface area contributed by atoms with E-state index < -0.39 is 11.9 Å². The number of nitrogens with two attached hydrogens (primary N) is 1. The van der Waals surface area contributed by atoms with Gasteiger partial charge in [0, 0.05) is 25.8 Å². The SMILES string of the molecule is Cc1cc(C(=O)O)cc(C(=O)O)c1.Nc1cnn(CCN2CCOCC2)c1. The van der Waals surface area contributed by atoms with Crippen LogP contribution < -0.4 is 5.73 Å². The molecule has 4 N–H and O–H groups in total. The van der Waals surface area contributed by atoms with Gasteiger partial charge >= 0.3 is 11.9 Å². The third kappa shape index (κ3) is 6.72. The molecule has 9 heteroatoms. The Balaban J connectivity index is 0.000000194. The van der Waals surface area contributed by atoms with Crippen molar-refractivity contribution in [3.63, 3.8) is 0 Å². The van der Waals surface area contributed by atoms with Gasteiger partial charge in [-0.15, -0.1) is 0 Å². The molecule has 0 bridgehead atoms. The predicted octanol–water partition coefficient (Wildman–Crippen LogP) is 1.19. The van der Waals surface area contributed by atoms with E-state index in [9.17, 15) is 9.59 Å². The predicted molar refractivity (Wildman–Crippen MR) is 99.0 cm³/mol. The maximum Gasteiger partial charge on any atom is 0.335 e. The van der Waals surface area contributed by atoms with E-state index in [1.54, 1.807) is 13.1 Å². The molecule has 0 aliphatic carbocycles. The summed E-state index contributed by atoms with van der Waals surface area (Å²) in [5.41, 5.74) is 6.92. The van der Waals surface area contributed by atoms with E-state index in [4.69, 9.17) is 20.7 Å². The van der Waals surface area contributed by atoms with Gasteiger partial charge in [-0.25, -0.2) is 9.59 Å². The second kappa shape index (κ2) is 9.70. The van der Waals surface area contributed by atoms with Gasteiger partial charge in [0.15, 0.2) is 0 Å². The van der Waals surface area contributed by atoms with Crippen LogP contribution in [0.3, 0.4) is 0 Å². The maximum atomic E-state index is 10.5. The second-order valence-electron chi connectivity index (χ2n) is 6.19. The van der Waals surface area contributed by atoms with E-state index in [2.05, 4.69) is 10.00 Å². The number of hydrogen-bond acceptors (Lipinski definition) is 6. The Hall–Kier alpha value is -2.91. The van der Waals surface area contributed by atoms with Gasteiger partial charge in [-0.05, 0) is 30.7 Å². The van der Waals surface area contributed by atoms with Gasteiger partial charge in [0.2, 0.25) is 0 Å². The van der Waals surface area contributed by atoms with E-state index in [0.29, 0.717) is 5.56 Å². The standard InChI is InChI=1S/C9H16N4O.C9H8O4/c10-9-7-11-13(8-9)2-1-12-3-5-14-6-4-12;1-5-2-6(8(10)11)4-7(3-5)9(12)13/h7-8H,1-6,10H2;2-4H,1H3,(H,10,11)(H,12,13). The third-order valence-electron chi connectivity index (χ3n) is 3.97. The molecular formula is C18H24N4O5. The van der Waals surface area contributed by atoms with Crippen LogP contribution in [0.4, 0.5) is 5.69 Å². The number of carbonyl (C=O) groups is 2. The number of rotatable bonds is 5. The molecule has 0 radical (unpaired) electrons. The average Bonchev–Trinajstić information content (AvgIpc) is 3.06. The molecule has 27 heavy (non-hydrogen) atoms. The van der Waals surface area contributed by atoms with Gasteiger partial charge in [-0.1, -0.05) is 0 Å². The number of aryl methyl sites for hydroxylation is 1. The number of benzene rings is 1. The fraction of sp³-hybridized carbons (Fsp3) is 0.389. The molecule has 1 aromatic carbocycles. The summed E-state index contributed by atoms with van der Waals surface area (Å²) in [6, 6.07) is 3.99. The zero-order chi connectivity index (χ0) is 19.8. The molecule has 1 fully saturated rings. The summed E-state index contributed by atoms with van der Waals surface area (Å²) in [6.45, 7) is 7.32. The Morgan fingerprint density at radius 2 is 1.70 bits per heavy atom. The average molecular weight is 376 g/mol. The lowest BCUT2D eigenvalue weighted by Crippen LogP contribution is -2.38. The number of carboxylic acid groups (broad SMARTS) is 2. The summed E-state index contributed by atoms with van der Waals surface area (Å²) in [4.78, 5) is 23.4. The quantitative estimate of drug-likeness (QED) is 0.709. The molecule has 0 spiro atoms. The number of anilines is 1. The highest BCUT2D eigenvalue weighted by Crippen LogP contribution is 2.09. The van der Waals surface area contributed by atoms with Crippen molar-refractivity contribution >= 4 is 17.6 Å². The number of nitrogen functional groups attached to an aromatic ring is 1. The first-order chi connectivity index (χ1) is 12.8. The minimum Gasteiger partial charge on any atom is -0.478 e. The largest absolute Gasteiger partial charge is 0.478 e. The minimum absolute atomic E-state index is 0.00241. The lowest BCUT2D eigenvalue weighted by Gasteiger charge is -2.26. The number of hydrogen-bond donors (Lipinski definition) is 3. The highest BCUT2D eigenvalue weighted by atomic mass is 16.5. The smallest absolute Gasteiger partial charge is 0.335 e. The van der Waals surface area contributed by atoms with E-state index in [0.717, 1.165) is 51.1 Å². The Morgan fingerprint density at radius 3 is 2.19 bits per heavy atom. The number of nitrogens with zero attached hydrogens (tertiary/aromatic N) is 3. The molecule has 3 rings (SSSR count). The zero-order valence-corrected chi connectivity index (χ0v) is 15.2. The molecule has 1 aromatic heterocycles. The van der Waals surface area contributed by atoms with Gasteiger partial charge in [0.05, 0.1) is 42.8 Å². The van der Waals surface area contributed by atoms with Crippen molar-refractivity contribution in [3.05, 3.63) is 47.3 Å². The first-order valence-corrected chi connectivity index (χ1v) is 8.51. The first kappa shape index (κ1) is 20.4. The molecule has 0 unspecified atom stereocenters. The number of aromatic nitrogens is 2. The molecule has 0 amide bonds. The van der Waals surface area contributed by atoms with Gasteiger partial charge in [0.1, 0.15) is 0 Å². The van der Waals surface area contributed by atoms with Crippen LogP contribution in [0, 0.1) is 6.92 Å². The molecule has 1 saturated heterocycles. The van der Waals surface area contributed by atoms with Crippen LogP contribution in [-0.4, -0.2) is 69.7 Å². The highest BCUT2D eigenvalue weighted by Gasteiger charge is 2.10. The van der Waals surface area contributed by atoms with E-state index >= 15 is 0 Å². The Morgan fingerprint density at radius 1 is 1.11 bits per heavy atom. The fourth-order valence-electron chi connectivity index (χ4n) is 2.60. The molecule has 1 aliphatic heterocycles. The molecule has 2 heterocycles. The van der Waals surface area contributed by atoms with Crippen molar-refractivity contribution in [3.8, 4) is 0 Å². The summed E-state index contributed by atoms with van der Waals surface area (Å²) in [7, 11) is 0. The lowest BCUT2D eigenvalue weighted by atomic mass is 10.1. The molecule has 146 valence electrons. The molecule has 2 aromatic rings. The fourth-order valence-corrected chi connectivity index (χ4v) is 2.60. The van der Waals surface area contributed by atoms with E-state index in [-0.39, 0.29) is 11.1 Å². The van der Waals surface area contributed by atoms with Crippen LogP contribution in [0.5, 0.6) is 0 Å². The molecular weight excluding hydrogens is 352 g/mol. The van der Waals surface area contributed by atoms with Crippen molar-refractivity contribution in [1.82, 2.24) is 14.7 Å². The van der Waals surface area contributed by atoms with Crippen LogP contribution >= 0.6 is 0 Å². The van der Waals surface area contributed by atoms with Gasteiger partial charge in [-0.3, -0.25) is 9.58 Å². The summed E-state index contributed by atoms with van der Waals surface area (Å²) < 4.78 is 7.15. The van der Waals surface area contributed by atoms with E-state index in [1.807, 2.05) is 10.9 Å². The third-order valence-corrected chi connectivity index (χ3v) is 3.97. The number of aromatic carboxylic acids is 2. The summed E-state index contributed by atoms with van der Waals surface area (Å²) in [6.07, 6.45) is 3.54. The maximum absolute atomic E-state index is 10.5. The van der Waals surface area contributed by atoms with Gasteiger partial charge < -0.3 is 20.7 Å². The Kier molecular flexibility index (Phi) is 7.33. The monoisotopic (exact) mass is 376 g/mol.